The van der Waals surface area contributed by atoms with E-state index >= 15 is 0 Å². The molecule has 0 saturated heterocycles. The summed E-state index contributed by atoms with van der Waals surface area (Å²) in [5.41, 5.74) is -0.944. The largest absolute Gasteiger partial charge is 0.435 e. The minimum Gasteiger partial charge on any atom is -0.374 e. The van der Waals surface area contributed by atoms with Crippen LogP contribution in [0, 0.1) is 13.8 Å². The van der Waals surface area contributed by atoms with Crippen LogP contribution < -0.4 is 4.90 Å². The summed E-state index contributed by atoms with van der Waals surface area (Å²) in [7, 11) is 1.43. The predicted octanol–water partition coefficient (Wildman–Crippen LogP) is 6.23. The first-order chi connectivity index (χ1) is 17.4. The SMILES string of the molecule is COCN(C(=O)c1ccc(C2=NOC(c3cc(Cl)cc(Cl)c3)(C(F)(F)F)C2)cc1C)c1ncc(C)cn1. The summed E-state index contributed by atoms with van der Waals surface area (Å²) >= 11 is 11.9. The maximum atomic E-state index is 14.3. The van der Waals surface area contributed by atoms with Gasteiger partial charge >= 0.3 is 6.18 Å². The van der Waals surface area contributed by atoms with Crippen LogP contribution in [0.4, 0.5) is 19.1 Å². The molecule has 1 atom stereocenters. The average molecular weight is 553 g/mol. The number of carbonyl (C=O) groups is 1. The maximum Gasteiger partial charge on any atom is 0.435 e. The van der Waals surface area contributed by atoms with Crippen LogP contribution in [-0.2, 0) is 15.2 Å². The third-order valence-corrected chi connectivity index (χ3v) is 6.25. The fraction of sp³-hybridized carbons (Fsp3) is 0.280. The Morgan fingerprint density at radius 2 is 1.76 bits per heavy atom. The molecule has 1 unspecified atom stereocenters. The fourth-order valence-electron chi connectivity index (χ4n) is 3.94. The first-order valence-electron chi connectivity index (χ1n) is 10.9. The van der Waals surface area contributed by atoms with Gasteiger partial charge in [-0.3, -0.25) is 9.69 Å². The Bertz CT molecular complexity index is 1350. The molecule has 0 saturated carbocycles. The molecule has 2 aromatic carbocycles. The molecule has 0 bridgehead atoms. The van der Waals surface area contributed by atoms with Crippen LogP contribution in [0.25, 0.3) is 0 Å². The number of methoxy groups -OCH3 is 1. The van der Waals surface area contributed by atoms with Crippen molar-refractivity contribution in [2.45, 2.75) is 32.0 Å². The lowest BCUT2D eigenvalue weighted by molar-refractivity contribution is -0.275. The molecule has 2 heterocycles. The van der Waals surface area contributed by atoms with Crippen LogP contribution in [0.2, 0.25) is 10.0 Å². The van der Waals surface area contributed by atoms with Crippen molar-refractivity contribution in [1.82, 2.24) is 9.97 Å². The van der Waals surface area contributed by atoms with E-state index in [2.05, 4.69) is 15.1 Å². The van der Waals surface area contributed by atoms with Gasteiger partial charge in [-0.1, -0.05) is 34.4 Å². The first kappa shape index (κ1) is 26.8. The quantitative estimate of drug-likeness (QED) is 0.338. The summed E-state index contributed by atoms with van der Waals surface area (Å²) < 4.78 is 48.0. The second-order valence-corrected chi connectivity index (χ2v) is 9.40. The molecule has 12 heteroatoms. The van der Waals surface area contributed by atoms with Gasteiger partial charge in [-0.2, -0.15) is 13.2 Å². The summed E-state index contributed by atoms with van der Waals surface area (Å²) in [6, 6.07) is 8.25. The van der Waals surface area contributed by atoms with E-state index in [1.165, 1.54) is 30.2 Å². The van der Waals surface area contributed by atoms with E-state index < -0.39 is 24.1 Å². The number of amides is 1. The molecule has 4 rings (SSSR count). The van der Waals surface area contributed by atoms with Crippen LogP contribution in [0.15, 0.2) is 53.9 Å². The Hall–Kier alpha value is -3.21. The number of nitrogens with zero attached hydrogens (tertiary/aromatic N) is 4. The number of oxime groups is 1. The van der Waals surface area contributed by atoms with Crippen LogP contribution in [0.5, 0.6) is 0 Å². The van der Waals surface area contributed by atoms with Crippen LogP contribution >= 0.6 is 23.2 Å². The summed E-state index contributed by atoms with van der Waals surface area (Å²) in [5, 5.41) is 3.86. The number of carbonyl (C=O) groups excluding carboxylic acids is 1. The van der Waals surface area contributed by atoms with Crippen molar-refractivity contribution in [2.75, 3.05) is 18.7 Å². The molecule has 0 radical (unpaired) electrons. The summed E-state index contributed by atoms with van der Waals surface area (Å²) in [4.78, 5) is 28.0. The van der Waals surface area contributed by atoms with E-state index in [0.717, 1.165) is 17.7 Å². The van der Waals surface area contributed by atoms with Gasteiger partial charge < -0.3 is 9.57 Å². The Balaban J connectivity index is 1.64. The second-order valence-electron chi connectivity index (χ2n) is 8.53. The molecule has 194 valence electrons. The number of benzene rings is 2. The highest BCUT2D eigenvalue weighted by Gasteiger charge is 2.62. The highest BCUT2D eigenvalue weighted by Crippen LogP contribution is 2.49. The molecule has 1 amide bonds. The minimum atomic E-state index is -4.81. The van der Waals surface area contributed by atoms with Gasteiger partial charge in [0.15, 0.2) is 0 Å². The van der Waals surface area contributed by atoms with Crippen LogP contribution in [0.3, 0.4) is 0 Å². The van der Waals surface area contributed by atoms with Gasteiger partial charge in [0.25, 0.3) is 11.5 Å². The molecule has 1 aromatic heterocycles. The maximum absolute atomic E-state index is 14.3. The average Bonchev–Trinajstić information content (AvgIpc) is 3.29. The molecular formula is C25H21Cl2F3N4O3. The number of hydrogen-bond donors (Lipinski definition) is 0. The molecule has 0 N–H and O–H groups in total. The molecule has 7 nitrogen and oxygen atoms in total. The van der Waals surface area contributed by atoms with Crippen molar-refractivity contribution in [1.29, 1.82) is 0 Å². The molecule has 1 aliphatic heterocycles. The second kappa shape index (κ2) is 10.3. The molecule has 3 aromatic rings. The lowest BCUT2D eigenvalue weighted by Gasteiger charge is -2.29. The van der Waals surface area contributed by atoms with Gasteiger partial charge in [-0.05, 0) is 60.9 Å². The zero-order chi connectivity index (χ0) is 27.0. The Morgan fingerprint density at radius 1 is 1.11 bits per heavy atom. The van der Waals surface area contributed by atoms with Gasteiger partial charge in [0.1, 0.15) is 6.73 Å². The van der Waals surface area contributed by atoms with Crippen molar-refractivity contribution in [3.05, 3.63) is 86.7 Å². The normalized spacial score (nSPS) is 17.4. The topological polar surface area (TPSA) is 76.9 Å². The van der Waals surface area contributed by atoms with Crippen molar-refractivity contribution in [3.8, 4) is 0 Å². The van der Waals surface area contributed by atoms with Crippen molar-refractivity contribution in [2.24, 2.45) is 5.16 Å². The Kier molecular flexibility index (Phi) is 7.45. The lowest BCUT2D eigenvalue weighted by Crippen LogP contribution is -2.42. The standard InChI is InChI=1S/C25H21Cl2F3N4O3/c1-14-11-31-23(32-12-14)34(13-36-3)22(35)20-5-4-16(6-15(20)2)21-10-24(37-33-21,25(28,29)30)17-7-18(26)9-19(27)8-17/h4-9,11-12H,10,13H2,1-3H3. The first-order valence-corrected chi connectivity index (χ1v) is 11.7. The highest BCUT2D eigenvalue weighted by atomic mass is 35.5. The number of alkyl halides is 3. The molecular weight excluding hydrogens is 532 g/mol. The Morgan fingerprint density at radius 3 is 2.32 bits per heavy atom. The van der Waals surface area contributed by atoms with Crippen molar-refractivity contribution >= 4 is 40.8 Å². The molecule has 0 fully saturated rings. The van der Waals surface area contributed by atoms with Gasteiger partial charge in [-0.15, -0.1) is 0 Å². The van der Waals surface area contributed by atoms with E-state index in [9.17, 15) is 18.0 Å². The summed E-state index contributed by atoms with van der Waals surface area (Å²) in [6.07, 6.45) is -2.27. The smallest absolute Gasteiger partial charge is 0.374 e. The van der Waals surface area contributed by atoms with Crippen LogP contribution in [0.1, 0.15) is 39.0 Å². The molecule has 0 spiro atoms. The van der Waals surface area contributed by atoms with E-state index in [1.54, 1.807) is 25.4 Å². The zero-order valence-corrected chi connectivity index (χ0v) is 21.4. The molecule has 37 heavy (non-hydrogen) atoms. The highest BCUT2D eigenvalue weighted by molar-refractivity contribution is 6.34. The fourth-order valence-corrected chi connectivity index (χ4v) is 4.46. The lowest BCUT2D eigenvalue weighted by atomic mass is 9.86. The number of anilines is 1. The Labute approximate surface area is 220 Å². The predicted molar refractivity (Wildman–Crippen MR) is 133 cm³/mol. The number of aryl methyl sites for hydroxylation is 2. The number of halogens is 5. The summed E-state index contributed by atoms with van der Waals surface area (Å²) in [6.45, 7) is 3.39. The zero-order valence-electron chi connectivity index (χ0n) is 19.9. The number of hydrogen-bond acceptors (Lipinski definition) is 6. The minimum absolute atomic E-state index is 0.0417. The van der Waals surface area contributed by atoms with E-state index in [1.807, 2.05) is 6.92 Å². The van der Waals surface area contributed by atoms with E-state index in [4.69, 9.17) is 32.8 Å². The molecule has 0 aliphatic carbocycles. The van der Waals surface area contributed by atoms with Crippen molar-refractivity contribution in [3.63, 3.8) is 0 Å². The van der Waals surface area contributed by atoms with E-state index in [0.29, 0.717) is 16.7 Å². The van der Waals surface area contributed by atoms with Crippen molar-refractivity contribution < 1.29 is 27.5 Å². The number of aromatic nitrogens is 2. The number of rotatable bonds is 6. The molecule has 1 aliphatic rings. The van der Waals surface area contributed by atoms with Crippen LogP contribution in [-0.4, -0.2) is 41.6 Å². The number of ether oxygens (including phenoxy) is 1. The third kappa shape index (κ3) is 5.27. The van der Waals surface area contributed by atoms with E-state index in [-0.39, 0.29) is 34.0 Å². The van der Waals surface area contributed by atoms with Gasteiger partial charge in [0, 0.05) is 47.1 Å². The summed E-state index contributed by atoms with van der Waals surface area (Å²) in [5.74, 6) is -0.276. The van der Waals surface area contributed by atoms with Gasteiger partial charge in [-0.25, -0.2) is 9.97 Å². The third-order valence-electron chi connectivity index (χ3n) is 5.82. The van der Waals surface area contributed by atoms with Gasteiger partial charge in [0.2, 0.25) is 5.95 Å². The van der Waals surface area contributed by atoms with Gasteiger partial charge in [0.05, 0.1) is 5.71 Å². The monoisotopic (exact) mass is 552 g/mol.